The first-order chi connectivity index (χ1) is 7.11. The number of hydrogen-bond donors (Lipinski definition) is 2. The Hall–Kier alpha value is 0.1000. The van der Waals surface area contributed by atoms with Crippen LogP contribution in [-0.4, -0.2) is 19.6 Å². The van der Waals surface area contributed by atoms with Crippen molar-refractivity contribution in [1.29, 1.82) is 0 Å². The number of rotatable bonds is 5. The van der Waals surface area contributed by atoms with E-state index in [4.69, 9.17) is 0 Å². The molecule has 1 aromatic rings. The monoisotopic (exact) mass is 334 g/mol. The van der Waals surface area contributed by atoms with Crippen LogP contribution < -0.4 is 10.6 Å². The SMILES string of the molecule is CNCC(C)NCc1cc(Br)cc(Br)c1. The molecule has 0 spiro atoms. The summed E-state index contributed by atoms with van der Waals surface area (Å²) >= 11 is 6.96. The summed E-state index contributed by atoms with van der Waals surface area (Å²) in [6, 6.07) is 6.78. The van der Waals surface area contributed by atoms with Crippen LogP contribution in [0.2, 0.25) is 0 Å². The number of nitrogens with one attached hydrogen (secondary N) is 2. The summed E-state index contributed by atoms with van der Waals surface area (Å²) in [5, 5.41) is 6.60. The molecule has 15 heavy (non-hydrogen) atoms. The van der Waals surface area contributed by atoms with Gasteiger partial charge in [0, 0.05) is 28.1 Å². The highest BCUT2D eigenvalue weighted by molar-refractivity contribution is 9.11. The summed E-state index contributed by atoms with van der Waals surface area (Å²) in [5.74, 6) is 0. The van der Waals surface area contributed by atoms with Crippen LogP contribution in [0, 0.1) is 0 Å². The molecule has 0 radical (unpaired) electrons. The van der Waals surface area contributed by atoms with Gasteiger partial charge in [-0.2, -0.15) is 0 Å². The van der Waals surface area contributed by atoms with Gasteiger partial charge < -0.3 is 10.6 Å². The minimum Gasteiger partial charge on any atom is -0.318 e. The predicted octanol–water partition coefficient (Wildman–Crippen LogP) is 2.91. The molecule has 0 aliphatic rings. The van der Waals surface area contributed by atoms with Crippen LogP contribution in [0.3, 0.4) is 0 Å². The van der Waals surface area contributed by atoms with E-state index >= 15 is 0 Å². The quantitative estimate of drug-likeness (QED) is 0.864. The summed E-state index contributed by atoms with van der Waals surface area (Å²) in [6.45, 7) is 4.04. The summed E-state index contributed by atoms with van der Waals surface area (Å²) < 4.78 is 2.21. The van der Waals surface area contributed by atoms with Crippen LogP contribution in [0.4, 0.5) is 0 Å². The first-order valence-electron chi connectivity index (χ1n) is 4.94. The van der Waals surface area contributed by atoms with Gasteiger partial charge in [-0.25, -0.2) is 0 Å². The molecule has 0 fully saturated rings. The Bertz CT molecular complexity index is 295. The van der Waals surface area contributed by atoms with Gasteiger partial charge in [0.1, 0.15) is 0 Å². The maximum Gasteiger partial charge on any atom is 0.0209 e. The van der Waals surface area contributed by atoms with Crippen molar-refractivity contribution in [3.05, 3.63) is 32.7 Å². The van der Waals surface area contributed by atoms with Gasteiger partial charge in [0.05, 0.1) is 0 Å². The third-order valence-electron chi connectivity index (χ3n) is 2.09. The molecule has 0 aliphatic heterocycles. The summed E-state index contributed by atoms with van der Waals surface area (Å²) in [4.78, 5) is 0. The number of hydrogen-bond acceptors (Lipinski definition) is 2. The van der Waals surface area contributed by atoms with Gasteiger partial charge >= 0.3 is 0 Å². The van der Waals surface area contributed by atoms with Gasteiger partial charge in [0.2, 0.25) is 0 Å². The first kappa shape index (κ1) is 13.2. The van der Waals surface area contributed by atoms with Crippen LogP contribution in [0.1, 0.15) is 12.5 Å². The highest BCUT2D eigenvalue weighted by Gasteiger charge is 2.01. The number of likely N-dealkylation sites (N-methyl/N-ethyl adjacent to an activating group) is 1. The van der Waals surface area contributed by atoms with E-state index in [1.165, 1.54) is 5.56 Å². The molecule has 84 valence electrons. The number of benzene rings is 1. The van der Waals surface area contributed by atoms with Gasteiger partial charge in [-0.3, -0.25) is 0 Å². The fourth-order valence-electron chi connectivity index (χ4n) is 1.38. The third-order valence-corrected chi connectivity index (χ3v) is 3.00. The molecule has 1 aromatic carbocycles. The molecular weight excluding hydrogens is 320 g/mol. The van der Waals surface area contributed by atoms with Crippen molar-refractivity contribution in [2.75, 3.05) is 13.6 Å². The van der Waals surface area contributed by atoms with Crippen LogP contribution >= 0.6 is 31.9 Å². The van der Waals surface area contributed by atoms with Crippen molar-refractivity contribution in [2.24, 2.45) is 0 Å². The van der Waals surface area contributed by atoms with Crippen molar-refractivity contribution in [3.63, 3.8) is 0 Å². The van der Waals surface area contributed by atoms with Crippen molar-refractivity contribution >= 4 is 31.9 Å². The van der Waals surface area contributed by atoms with Crippen molar-refractivity contribution in [2.45, 2.75) is 19.5 Å². The second kappa shape index (κ2) is 6.63. The Balaban J connectivity index is 2.50. The highest BCUT2D eigenvalue weighted by atomic mass is 79.9. The standard InChI is InChI=1S/C11H16Br2N2/c1-8(6-14-2)15-7-9-3-10(12)5-11(13)4-9/h3-5,8,14-15H,6-7H2,1-2H3. The van der Waals surface area contributed by atoms with E-state index in [1.807, 2.05) is 13.1 Å². The Morgan fingerprint density at radius 3 is 2.33 bits per heavy atom. The predicted molar refractivity (Wildman–Crippen MR) is 72.1 cm³/mol. The summed E-state index contributed by atoms with van der Waals surface area (Å²) in [6.07, 6.45) is 0. The van der Waals surface area contributed by atoms with E-state index in [2.05, 4.69) is 61.5 Å². The fraction of sp³-hybridized carbons (Fsp3) is 0.455. The molecule has 0 saturated heterocycles. The summed E-state index contributed by atoms with van der Waals surface area (Å²) in [5.41, 5.74) is 1.28. The largest absolute Gasteiger partial charge is 0.318 e. The van der Waals surface area contributed by atoms with Gasteiger partial charge in [0.25, 0.3) is 0 Å². The Morgan fingerprint density at radius 1 is 1.20 bits per heavy atom. The highest BCUT2D eigenvalue weighted by Crippen LogP contribution is 2.19. The molecule has 4 heteroatoms. The lowest BCUT2D eigenvalue weighted by Gasteiger charge is -2.13. The zero-order chi connectivity index (χ0) is 11.3. The summed E-state index contributed by atoms with van der Waals surface area (Å²) in [7, 11) is 1.97. The molecule has 0 amide bonds. The lowest BCUT2D eigenvalue weighted by Crippen LogP contribution is -2.34. The Labute approximate surface area is 108 Å². The lowest BCUT2D eigenvalue weighted by atomic mass is 10.2. The fourth-order valence-corrected chi connectivity index (χ4v) is 2.77. The van der Waals surface area contributed by atoms with E-state index in [-0.39, 0.29) is 0 Å². The van der Waals surface area contributed by atoms with Crippen LogP contribution in [0.5, 0.6) is 0 Å². The molecule has 2 N–H and O–H groups in total. The van der Waals surface area contributed by atoms with Gasteiger partial charge in [-0.05, 0) is 37.7 Å². The maximum absolute atomic E-state index is 3.48. The van der Waals surface area contributed by atoms with Gasteiger partial charge in [0.15, 0.2) is 0 Å². The molecule has 0 aromatic heterocycles. The van der Waals surface area contributed by atoms with E-state index in [0.717, 1.165) is 22.0 Å². The minimum absolute atomic E-state index is 0.479. The smallest absolute Gasteiger partial charge is 0.0209 e. The van der Waals surface area contributed by atoms with Crippen molar-refractivity contribution in [1.82, 2.24) is 10.6 Å². The first-order valence-corrected chi connectivity index (χ1v) is 6.53. The molecule has 2 nitrogen and oxygen atoms in total. The molecule has 1 unspecified atom stereocenters. The zero-order valence-electron chi connectivity index (χ0n) is 8.98. The molecule has 0 aliphatic carbocycles. The topological polar surface area (TPSA) is 24.1 Å². The van der Waals surface area contributed by atoms with E-state index < -0.39 is 0 Å². The van der Waals surface area contributed by atoms with Crippen molar-refractivity contribution in [3.8, 4) is 0 Å². The third kappa shape index (κ3) is 5.11. The van der Waals surface area contributed by atoms with E-state index in [1.54, 1.807) is 0 Å². The average molecular weight is 336 g/mol. The molecule has 0 saturated carbocycles. The molecule has 1 rings (SSSR count). The second-order valence-corrected chi connectivity index (χ2v) is 5.45. The molecule has 0 bridgehead atoms. The molecule has 0 heterocycles. The van der Waals surface area contributed by atoms with Gasteiger partial charge in [-0.1, -0.05) is 31.9 Å². The van der Waals surface area contributed by atoms with E-state index in [0.29, 0.717) is 6.04 Å². The normalized spacial score (nSPS) is 12.8. The maximum atomic E-state index is 3.48. The minimum atomic E-state index is 0.479. The van der Waals surface area contributed by atoms with E-state index in [9.17, 15) is 0 Å². The number of halogens is 2. The van der Waals surface area contributed by atoms with Crippen LogP contribution in [0.15, 0.2) is 27.1 Å². The second-order valence-electron chi connectivity index (χ2n) is 3.62. The van der Waals surface area contributed by atoms with Crippen LogP contribution in [-0.2, 0) is 6.54 Å². The molecule has 1 atom stereocenters. The van der Waals surface area contributed by atoms with Gasteiger partial charge in [-0.15, -0.1) is 0 Å². The average Bonchev–Trinajstić information content (AvgIpc) is 2.14. The zero-order valence-corrected chi connectivity index (χ0v) is 12.2. The Kier molecular flexibility index (Phi) is 5.82. The van der Waals surface area contributed by atoms with Crippen LogP contribution in [0.25, 0.3) is 0 Å². The Morgan fingerprint density at radius 2 is 1.80 bits per heavy atom. The lowest BCUT2D eigenvalue weighted by molar-refractivity contribution is 0.523. The van der Waals surface area contributed by atoms with Crippen molar-refractivity contribution < 1.29 is 0 Å². The molecular formula is C11H16Br2N2.